The maximum Gasteiger partial charge on any atom is 0.224 e. The van der Waals surface area contributed by atoms with Crippen molar-refractivity contribution in [1.29, 1.82) is 0 Å². The highest BCUT2D eigenvalue weighted by Crippen LogP contribution is 2.20. The Bertz CT molecular complexity index is 343. The molecule has 1 atom stereocenters. The van der Waals surface area contributed by atoms with Crippen LogP contribution in [0.5, 0.6) is 0 Å². The molecule has 0 aliphatic carbocycles. The van der Waals surface area contributed by atoms with Crippen LogP contribution in [0.25, 0.3) is 0 Å². The van der Waals surface area contributed by atoms with E-state index in [1.54, 1.807) is 6.20 Å². The molecular weight excluding hydrogens is 280 g/mol. The first-order valence-electron chi connectivity index (χ1n) is 6.17. The normalized spacial score (nSPS) is 12.2. The molecule has 1 aromatic rings. The van der Waals surface area contributed by atoms with E-state index in [-0.39, 0.29) is 0 Å². The summed E-state index contributed by atoms with van der Waals surface area (Å²) in [5, 5.41) is 6.52. The molecule has 1 aromatic heterocycles. The summed E-state index contributed by atoms with van der Waals surface area (Å²) >= 11 is 3.46. The standard InChI is InChI=1S/C12H21BrN4/c1-4-6-14-12-16-8-10(13)11(17-12)15-7-9(3)5-2/h8-9H,4-7H2,1-3H3,(H2,14,15,16,17). The summed E-state index contributed by atoms with van der Waals surface area (Å²) in [4.78, 5) is 8.65. The topological polar surface area (TPSA) is 49.8 Å². The molecule has 1 rings (SSSR count). The number of hydrogen-bond donors (Lipinski definition) is 2. The molecule has 0 aromatic carbocycles. The van der Waals surface area contributed by atoms with Gasteiger partial charge in [0.25, 0.3) is 0 Å². The molecule has 0 spiro atoms. The Morgan fingerprint density at radius 3 is 2.76 bits per heavy atom. The summed E-state index contributed by atoms with van der Waals surface area (Å²) in [5.41, 5.74) is 0. The molecule has 0 aliphatic rings. The fourth-order valence-electron chi connectivity index (χ4n) is 1.23. The van der Waals surface area contributed by atoms with Crippen molar-refractivity contribution in [1.82, 2.24) is 9.97 Å². The molecule has 17 heavy (non-hydrogen) atoms. The molecule has 1 heterocycles. The summed E-state index contributed by atoms with van der Waals surface area (Å²) in [6.07, 6.45) is 4.01. The lowest BCUT2D eigenvalue weighted by atomic mass is 10.1. The van der Waals surface area contributed by atoms with Gasteiger partial charge in [-0.05, 0) is 28.3 Å². The third-order valence-corrected chi connectivity index (χ3v) is 3.17. The Kier molecular flexibility index (Phi) is 6.26. The zero-order valence-corrected chi connectivity index (χ0v) is 12.3. The lowest BCUT2D eigenvalue weighted by Gasteiger charge is -2.12. The van der Waals surface area contributed by atoms with Crippen LogP contribution in [0.1, 0.15) is 33.6 Å². The van der Waals surface area contributed by atoms with Crippen LogP contribution in [0, 0.1) is 5.92 Å². The van der Waals surface area contributed by atoms with Crippen LogP contribution in [-0.4, -0.2) is 23.1 Å². The van der Waals surface area contributed by atoms with Crippen molar-refractivity contribution in [2.24, 2.45) is 5.92 Å². The van der Waals surface area contributed by atoms with Crippen LogP contribution in [0.2, 0.25) is 0 Å². The molecule has 0 saturated carbocycles. The monoisotopic (exact) mass is 300 g/mol. The molecule has 0 aliphatic heterocycles. The molecule has 4 nitrogen and oxygen atoms in total. The zero-order valence-electron chi connectivity index (χ0n) is 10.8. The van der Waals surface area contributed by atoms with Crippen molar-refractivity contribution in [2.75, 3.05) is 23.7 Å². The highest BCUT2D eigenvalue weighted by molar-refractivity contribution is 9.10. The van der Waals surface area contributed by atoms with Gasteiger partial charge in [-0.3, -0.25) is 0 Å². The van der Waals surface area contributed by atoms with Gasteiger partial charge in [-0.25, -0.2) is 4.98 Å². The summed E-state index contributed by atoms with van der Waals surface area (Å²) < 4.78 is 0.905. The van der Waals surface area contributed by atoms with Gasteiger partial charge in [-0.1, -0.05) is 27.2 Å². The molecule has 5 heteroatoms. The second-order valence-electron chi connectivity index (χ2n) is 4.21. The summed E-state index contributed by atoms with van der Waals surface area (Å²) in [6.45, 7) is 8.35. The fraction of sp³-hybridized carbons (Fsp3) is 0.667. The van der Waals surface area contributed by atoms with E-state index in [2.05, 4.69) is 57.3 Å². The van der Waals surface area contributed by atoms with Gasteiger partial charge in [0.1, 0.15) is 5.82 Å². The van der Waals surface area contributed by atoms with Crippen molar-refractivity contribution in [2.45, 2.75) is 33.6 Å². The largest absolute Gasteiger partial charge is 0.369 e. The van der Waals surface area contributed by atoms with E-state index in [0.717, 1.165) is 36.2 Å². The lowest BCUT2D eigenvalue weighted by Crippen LogP contribution is -2.13. The van der Waals surface area contributed by atoms with E-state index < -0.39 is 0 Å². The fourth-order valence-corrected chi connectivity index (χ4v) is 1.56. The Labute approximate surface area is 112 Å². The number of aromatic nitrogens is 2. The smallest absolute Gasteiger partial charge is 0.224 e. The maximum absolute atomic E-state index is 4.44. The lowest BCUT2D eigenvalue weighted by molar-refractivity contribution is 0.592. The molecule has 0 radical (unpaired) electrons. The molecule has 96 valence electrons. The number of nitrogens with one attached hydrogen (secondary N) is 2. The van der Waals surface area contributed by atoms with Crippen LogP contribution in [0.4, 0.5) is 11.8 Å². The number of anilines is 2. The van der Waals surface area contributed by atoms with E-state index in [1.165, 1.54) is 0 Å². The predicted octanol–water partition coefficient (Wildman–Crippen LogP) is 3.52. The SMILES string of the molecule is CCCNc1ncc(Br)c(NCC(C)CC)n1. The van der Waals surface area contributed by atoms with Gasteiger partial charge in [0.2, 0.25) is 5.95 Å². The van der Waals surface area contributed by atoms with E-state index in [0.29, 0.717) is 11.9 Å². The second-order valence-corrected chi connectivity index (χ2v) is 5.07. The number of nitrogens with zero attached hydrogens (tertiary/aromatic N) is 2. The van der Waals surface area contributed by atoms with E-state index >= 15 is 0 Å². The predicted molar refractivity (Wildman–Crippen MR) is 76.5 cm³/mol. The average Bonchev–Trinajstić information content (AvgIpc) is 2.35. The van der Waals surface area contributed by atoms with Crippen molar-refractivity contribution in [3.63, 3.8) is 0 Å². The third kappa shape index (κ3) is 4.89. The Balaban J connectivity index is 2.62. The maximum atomic E-state index is 4.44. The number of hydrogen-bond acceptors (Lipinski definition) is 4. The van der Waals surface area contributed by atoms with Crippen LogP contribution in [-0.2, 0) is 0 Å². The van der Waals surface area contributed by atoms with Gasteiger partial charge < -0.3 is 10.6 Å². The van der Waals surface area contributed by atoms with Gasteiger partial charge >= 0.3 is 0 Å². The van der Waals surface area contributed by atoms with E-state index in [9.17, 15) is 0 Å². The quantitative estimate of drug-likeness (QED) is 0.809. The first kappa shape index (κ1) is 14.2. The average molecular weight is 301 g/mol. The van der Waals surface area contributed by atoms with Crippen LogP contribution in [0.3, 0.4) is 0 Å². The molecule has 0 bridgehead atoms. The number of rotatable bonds is 7. The first-order valence-corrected chi connectivity index (χ1v) is 6.96. The van der Waals surface area contributed by atoms with Crippen LogP contribution >= 0.6 is 15.9 Å². The van der Waals surface area contributed by atoms with Crippen molar-refractivity contribution in [3.8, 4) is 0 Å². The summed E-state index contributed by atoms with van der Waals surface area (Å²) in [7, 11) is 0. The Hall–Kier alpha value is -0.840. The van der Waals surface area contributed by atoms with Gasteiger partial charge in [0.05, 0.1) is 4.47 Å². The van der Waals surface area contributed by atoms with Crippen molar-refractivity contribution >= 4 is 27.7 Å². The second kappa shape index (κ2) is 7.48. The van der Waals surface area contributed by atoms with E-state index in [4.69, 9.17) is 0 Å². The van der Waals surface area contributed by atoms with Gasteiger partial charge in [-0.2, -0.15) is 4.98 Å². The minimum Gasteiger partial charge on any atom is -0.369 e. The molecule has 2 N–H and O–H groups in total. The van der Waals surface area contributed by atoms with Gasteiger partial charge in [-0.15, -0.1) is 0 Å². The highest BCUT2D eigenvalue weighted by atomic mass is 79.9. The molecular formula is C12H21BrN4. The minimum absolute atomic E-state index is 0.643. The minimum atomic E-state index is 0.643. The van der Waals surface area contributed by atoms with Gasteiger partial charge in [0, 0.05) is 19.3 Å². The molecule has 0 amide bonds. The highest BCUT2D eigenvalue weighted by Gasteiger charge is 2.05. The molecule has 0 saturated heterocycles. The summed E-state index contributed by atoms with van der Waals surface area (Å²) in [5.74, 6) is 2.18. The number of halogens is 1. The Morgan fingerprint density at radius 1 is 1.35 bits per heavy atom. The van der Waals surface area contributed by atoms with Crippen molar-refractivity contribution in [3.05, 3.63) is 10.7 Å². The van der Waals surface area contributed by atoms with Crippen LogP contribution < -0.4 is 10.6 Å². The van der Waals surface area contributed by atoms with Crippen LogP contribution in [0.15, 0.2) is 10.7 Å². The third-order valence-electron chi connectivity index (χ3n) is 2.59. The molecule has 0 fully saturated rings. The Morgan fingerprint density at radius 2 is 2.12 bits per heavy atom. The van der Waals surface area contributed by atoms with Crippen molar-refractivity contribution < 1.29 is 0 Å². The van der Waals surface area contributed by atoms with E-state index in [1.807, 2.05) is 0 Å². The molecule has 1 unspecified atom stereocenters. The zero-order chi connectivity index (χ0) is 12.7. The first-order chi connectivity index (χ1) is 8.17. The summed E-state index contributed by atoms with van der Waals surface area (Å²) in [6, 6.07) is 0. The van der Waals surface area contributed by atoms with Gasteiger partial charge in [0.15, 0.2) is 0 Å².